The molecular weight excluding hydrogens is 206 g/mol. The quantitative estimate of drug-likeness (QED) is 0.792. The Balaban J connectivity index is 2.57. The van der Waals surface area contributed by atoms with E-state index in [1.54, 1.807) is 12.3 Å². The molecule has 0 bridgehead atoms. The average molecular weight is 225 g/mol. The Morgan fingerprint density at radius 1 is 1.38 bits per heavy atom. The van der Waals surface area contributed by atoms with Crippen LogP contribution in [0, 0.1) is 0 Å². The summed E-state index contributed by atoms with van der Waals surface area (Å²) in [6.07, 6.45) is 2.44. The zero-order chi connectivity index (χ0) is 12.0. The highest BCUT2D eigenvalue weighted by atomic mass is 16.5. The Kier molecular flexibility index (Phi) is 4.49. The van der Waals surface area contributed by atoms with Crippen LogP contribution in [-0.2, 0) is 0 Å². The van der Waals surface area contributed by atoms with E-state index in [-0.39, 0.29) is 5.54 Å². The van der Waals surface area contributed by atoms with Crippen molar-refractivity contribution in [2.24, 2.45) is 5.73 Å². The molecule has 0 aliphatic rings. The number of rotatable bonds is 6. The maximum Gasteiger partial charge on any atom is 0.319 e. The van der Waals surface area contributed by atoms with E-state index in [2.05, 4.69) is 9.97 Å². The fraction of sp³-hybridized carbons (Fsp3) is 0.636. The maximum absolute atomic E-state index is 5.95. The van der Waals surface area contributed by atoms with Gasteiger partial charge in [0, 0.05) is 17.8 Å². The highest BCUT2D eigenvalue weighted by Gasteiger charge is 2.17. The number of nitrogens with two attached hydrogens (primary N) is 1. The average Bonchev–Trinajstić information content (AvgIpc) is 2.28. The summed E-state index contributed by atoms with van der Waals surface area (Å²) in [4.78, 5) is 8.08. The molecule has 1 atom stereocenters. The van der Waals surface area contributed by atoms with Crippen LogP contribution in [0.2, 0.25) is 0 Å². The summed E-state index contributed by atoms with van der Waals surface area (Å²) in [5.74, 6) is 0.516. The molecule has 90 valence electrons. The topological polar surface area (TPSA) is 70.3 Å². The smallest absolute Gasteiger partial charge is 0.319 e. The molecule has 1 unspecified atom stereocenters. The van der Waals surface area contributed by atoms with Crippen molar-refractivity contribution in [1.82, 2.24) is 9.97 Å². The highest BCUT2D eigenvalue weighted by molar-refractivity contribution is 5.11. The second-order valence-electron chi connectivity index (χ2n) is 3.91. The molecule has 0 spiro atoms. The molecule has 1 heterocycles. The van der Waals surface area contributed by atoms with Crippen LogP contribution in [-0.4, -0.2) is 28.7 Å². The molecule has 0 amide bonds. The Bertz CT molecular complexity index is 329. The van der Waals surface area contributed by atoms with Gasteiger partial charge in [-0.05, 0) is 20.3 Å². The van der Waals surface area contributed by atoms with Crippen LogP contribution in [0.4, 0.5) is 0 Å². The van der Waals surface area contributed by atoms with E-state index in [9.17, 15) is 0 Å². The zero-order valence-electron chi connectivity index (χ0n) is 10.1. The molecule has 0 aromatic carbocycles. The van der Waals surface area contributed by atoms with Gasteiger partial charge in [-0.25, -0.2) is 4.98 Å². The SMILES string of the molecule is CCOc1ccnc(OCC(C)(N)CC)n1. The van der Waals surface area contributed by atoms with Crippen LogP contribution >= 0.6 is 0 Å². The lowest BCUT2D eigenvalue weighted by Crippen LogP contribution is -2.41. The van der Waals surface area contributed by atoms with Gasteiger partial charge in [0.2, 0.25) is 5.88 Å². The summed E-state index contributed by atoms with van der Waals surface area (Å²) in [5.41, 5.74) is 5.59. The lowest BCUT2D eigenvalue weighted by atomic mass is 10.0. The van der Waals surface area contributed by atoms with Gasteiger partial charge in [-0.15, -0.1) is 0 Å². The summed E-state index contributed by atoms with van der Waals surface area (Å²) in [6, 6.07) is 1.99. The van der Waals surface area contributed by atoms with E-state index in [1.165, 1.54) is 0 Å². The first-order chi connectivity index (χ1) is 7.57. The predicted octanol–water partition coefficient (Wildman–Crippen LogP) is 1.38. The number of nitrogens with zero attached hydrogens (tertiary/aromatic N) is 2. The Morgan fingerprint density at radius 2 is 2.12 bits per heavy atom. The molecule has 0 radical (unpaired) electrons. The van der Waals surface area contributed by atoms with Crippen molar-refractivity contribution in [3.63, 3.8) is 0 Å². The molecule has 1 aromatic heterocycles. The van der Waals surface area contributed by atoms with Crippen LogP contribution in [0.3, 0.4) is 0 Å². The molecule has 0 saturated heterocycles. The Hall–Kier alpha value is -1.36. The van der Waals surface area contributed by atoms with E-state index in [0.29, 0.717) is 25.1 Å². The summed E-state index contributed by atoms with van der Waals surface area (Å²) >= 11 is 0. The maximum atomic E-state index is 5.95. The van der Waals surface area contributed by atoms with Crippen molar-refractivity contribution in [1.29, 1.82) is 0 Å². The second kappa shape index (κ2) is 5.65. The molecule has 0 fully saturated rings. The van der Waals surface area contributed by atoms with E-state index in [4.69, 9.17) is 15.2 Å². The van der Waals surface area contributed by atoms with Crippen LogP contribution < -0.4 is 15.2 Å². The van der Waals surface area contributed by atoms with Gasteiger partial charge in [-0.1, -0.05) is 6.92 Å². The minimum absolute atomic E-state index is 0.302. The normalized spacial score (nSPS) is 14.2. The third-order valence-electron chi connectivity index (χ3n) is 2.24. The molecule has 0 aliphatic carbocycles. The Labute approximate surface area is 96.0 Å². The first-order valence-electron chi connectivity index (χ1n) is 5.45. The molecule has 1 rings (SSSR count). The lowest BCUT2D eigenvalue weighted by molar-refractivity contribution is 0.207. The van der Waals surface area contributed by atoms with Crippen molar-refractivity contribution in [2.45, 2.75) is 32.7 Å². The van der Waals surface area contributed by atoms with Gasteiger partial charge < -0.3 is 15.2 Å². The number of hydrogen-bond acceptors (Lipinski definition) is 5. The summed E-state index contributed by atoms with van der Waals surface area (Å²) < 4.78 is 10.7. The molecule has 5 nitrogen and oxygen atoms in total. The van der Waals surface area contributed by atoms with Gasteiger partial charge in [0.1, 0.15) is 6.61 Å². The van der Waals surface area contributed by atoms with Crippen LogP contribution in [0.15, 0.2) is 12.3 Å². The molecule has 0 aliphatic heterocycles. The number of ether oxygens (including phenoxy) is 2. The standard InChI is InChI=1S/C11H19N3O2/c1-4-11(3,12)8-16-10-13-7-6-9(14-10)15-5-2/h6-7H,4-5,8,12H2,1-3H3. The Morgan fingerprint density at radius 3 is 2.75 bits per heavy atom. The highest BCUT2D eigenvalue weighted by Crippen LogP contribution is 2.12. The first kappa shape index (κ1) is 12.7. The van der Waals surface area contributed by atoms with Gasteiger partial charge in [-0.3, -0.25) is 0 Å². The van der Waals surface area contributed by atoms with Gasteiger partial charge in [-0.2, -0.15) is 4.98 Å². The van der Waals surface area contributed by atoms with E-state index in [0.717, 1.165) is 6.42 Å². The van der Waals surface area contributed by atoms with E-state index >= 15 is 0 Å². The molecule has 1 aromatic rings. The van der Waals surface area contributed by atoms with Crippen LogP contribution in [0.5, 0.6) is 11.9 Å². The number of aromatic nitrogens is 2. The fourth-order valence-electron chi connectivity index (χ4n) is 0.954. The van der Waals surface area contributed by atoms with Gasteiger partial charge in [0.05, 0.1) is 6.61 Å². The minimum atomic E-state index is -0.356. The van der Waals surface area contributed by atoms with E-state index < -0.39 is 0 Å². The van der Waals surface area contributed by atoms with Crippen LogP contribution in [0.1, 0.15) is 27.2 Å². The van der Waals surface area contributed by atoms with Crippen molar-refractivity contribution >= 4 is 0 Å². The van der Waals surface area contributed by atoms with Gasteiger partial charge in [0.15, 0.2) is 0 Å². The summed E-state index contributed by atoms with van der Waals surface area (Å²) in [6.45, 7) is 6.80. The third kappa shape index (κ3) is 4.02. The molecule has 16 heavy (non-hydrogen) atoms. The van der Waals surface area contributed by atoms with Crippen molar-refractivity contribution in [2.75, 3.05) is 13.2 Å². The molecule has 5 heteroatoms. The van der Waals surface area contributed by atoms with Crippen molar-refractivity contribution in [3.8, 4) is 11.9 Å². The zero-order valence-corrected chi connectivity index (χ0v) is 10.1. The number of hydrogen-bond donors (Lipinski definition) is 1. The van der Waals surface area contributed by atoms with Crippen molar-refractivity contribution in [3.05, 3.63) is 12.3 Å². The van der Waals surface area contributed by atoms with Gasteiger partial charge >= 0.3 is 6.01 Å². The molecule has 0 saturated carbocycles. The third-order valence-corrected chi connectivity index (χ3v) is 2.24. The lowest BCUT2D eigenvalue weighted by Gasteiger charge is -2.21. The predicted molar refractivity (Wildman–Crippen MR) is 61.6 cm³/mol. The minimum Gasteiger partial charge on any atom is -0.478 e. The second-order valence-corrected chi connectivity index (χ2v) is 3.91. The van der Waals surface area contributed by atoms with Crippen LogP contribution in [0.25, 0.3) is 0 Å². The molecular formula is C11H19N3O2. The largest absolute Gasteiger partial charge is 0.478 e. The van der Waals surface area contributed by atoms with Gasteiger partial charge in [0.25, 0.3) is 0 Å². The van der Waals surface area contributed by atoms with E-state index in [1.807, 2.05) is 20.8 Å². The summed E-state index contributed by atoms with van der Waals surface area (Å²) in [5, 5.41) is 0. The molecule has 2 N–H and O–H groups in total. The van der Waals surface area contributed by atoms with Crippen molar-refractivity contribution < 1.29 is 9.47 Å². The first-order valence-corrected chi connectivity index (χ1v) is 5.45. The summed E-state index contributed by atoms with van der Waals surface area (Å²) in [7, 11) is 0. The fourth-order valence-corrected chi connectivity index (χ4v) is 0.954. The monoisotopic (exact) mass is 225 g/mol.